The molecule has 0 unspecified atom stereocenters. The molecule has 9 heteroatoms. The molecule has 0 aliphatic carbocycles. The predicted molar refractivity (Wildman–Crippen MR) is 119 cm³/mol. The summed E-state index contributed by atoms with van der Waals surface area (Å²) in [5.41, 5.74) is 7.28. The maximum atomic E-state index is 13.5. The van der Waals surface area contributed by atoms with Gasteiger partial charge in [-0.25, -0.2) is 4.39 Å². The highest BCUT2D eigenvalue weighted by Gasteiger charge is 2.08. The minimum Gasteiger partial charge on any atom is -0.493 e. The second-order valence-electron chi connectivity index (χ2n) is 5.68. The van der Waals surface area contributed by atoms with Gasteiger partial charge in [-0.2, -0.15) is 0 Å². The number of anilines is 1. The number of carbonyl (C=O) groups is 1. The summed E-state index contributed by atoms with van der Waals surface area (Å²) in [6, 6.07) is 9.60. The lowest BCUT2D eigenvalue weighted by atomic mass is 10.1. The number of carbonyl (C=O) groups excluding carboxylic acids is 1. The topological polar surface area (TPSA) is 98.0 Å². The zero-order valence-corrected chi connectivity index (χ0v) is 18.2. The molecular weight excluding hydrogens is 478 g/mol. The Morgan fingerprint density at radius 2 is 1.86 bits per heavy atom. The van der Waals surface area contributed by atoms with Crippen LogP contribution in [0.25, 0.3) is 0 Å². The number of halogens is 2. The van der Waals surface area contributed by atoms with Crippen LogP contribution >= 0.6 is 24.0 Å². The molecule has 152 valence electrons. The molecule has 1 amide bonds. The zero-order valence-electron chi connectivity index (χ0n) is 15.9. The van der Waals surface area contributed by atoms with Gasteiger partial charge in [0, 0.05) is 23.9 Å². The van der Waals surface area contributed by atoms with E-state index in [2.05, 4.69) is 15.6 Å². The molecule has 0 heterocycles. The molecule has 2 aromatic carbocycles. The van der Waals surface area contributed by atoms with Crippen molar-refractivity contribution in [2.45, 2.75) is 6.92 Å². The van der Waals surface area contributed by atoms with Crippen LogP contribution in [0.4, 0.5) is 10.1 Å². The molecule has 0 saturated carbocycles. The Kier molecular flexibility index (Phi) is 9.49. The van der Waals surface area contributed by atoms with Crippen LogP contribution < -0.4 is 25.8 Å². The number of methoxy groups -OCH3 is 2. The first-order valence-corrected chi connectivity index (χ1v) is 8.28. The molecule has 0 saturated heterocycles. The molecule has 0 spiro atoms. The van der Waals surface area contributed by atoms with Crippen LogP contribution in [-0.4, -0.2) is 39.2 Å². The van der Waals surface area contributed by atoms with Gasteiger partial charge in [0.25, 0.3) is 5.91 Å². The lowest BCUT2D eigenvalue weighted by molar-refractivity contribution is 0.0954. The third kappa shape index (κ3) is 6.55. The Hall–Kier alpha value is -2.56. The fourth-order valence-electron chi connectivity index (χ4n) is 2.28. The van der Waals surface area contributed by atoms with Gasteiger partial charge in [0.05, 0.1) is 20.8 Å². The Balaban J connectivity index is 0.00000392. The predicted octanol–water partition coefficient (Wildman–Crippen LogP) is 2.93. The van der Waals surface area contributed by atoms with E-state index in [1.807, 2.05) is 0 Å². The van der Waals surface area contributed by atoms with E-state index in [1.165, 1.54) is 6.07 Å². The van der Waals surface area contributed by atoms with Crippen LogP contribution in [-0.2, 0) is 0 Å². The third-order valence-corrected chi connectivity index (χ3v) is 3.77. The highest BCUT2D eigenvalue weighted by atomic mass is 127. The largest absolute Gasteiger partial charge is 0.493 e. The van der Waals surface area contributed by atoms with Gasteiger partial charge in [0.2, 0.25) is 0 Å². The van der Waals surface area contributed by atoms with Crippen LogP contribution in [0.1, 0.15) is 15.9 Å². The fraction of sp³-hybridized carbons (Fsp3) is 0.263. The second-order valence-corrected chi connectivity index (χ2v) is 5.68. The van der Waals surface area contributed by atoms with Gasteiger partial charge >= 0.3 is 0 Å². The van der Waals surface area contributed by atoms with E-state index in [-0.39, 0.29) is 54.5 Å². The van der Waals surface area contributed by atoms with E-state index in [0.717, 1.165) is 0 Å². The number of nitrogens with two attached hydrogens (primary N) is 1. The molecule has 0 atom stereocenters. The van der Waals surface area contributed by atoms with Gasteiger partial charge in [-0.15, -0.1) is 24.0 Å². The summed E-state index contributed by atoms with van der Waals surface area (Å²) >= 11 is 0. The Morgan fingerprint density at radius 1 is 1.14 bits per heavy atom. The molecule has 0 bridgehead atoms. The number of guanidine groups is 1. The van der Waals surface area contributed by atoms with E-state index >= 15 is 0 Å². The highest BCUT2D eigenvalue weighted by Crippen LogP contribution is 2.29. The number of hydrogen-bond donors (Lipinski definition) is 3. The number of amides is 1. The number of nitrogens with one attached hydrogen (secondary N) is 2. The molecule has 0 fully saturated rings. The lowest BCUT2D eigenvalue weighted by Crippen LogP contribution is -2.28. The van der Waals surface area contributed by atoms with Gasteiger partial charge in [0.15, 0.2) is 17.5 Å². The molecule has 4 N–H and O–H groups in total. The average Bonchev–Trinajstić information content (AvgIpc) is 2.67. The first-order chi connectivity index (χ1) is 12.9. The molecule has 2 rings (SSSR count). The first kappa shape index (κ1) is 23.5. The summed E-state index contributed by atoms with van der Waals surface area (Å²) < 4.78 is 23.9. The summed E-state index contributed by atoms with van der Waals surface area (Å²) in [4.78, 5) is 16.1. The fourth-order valence-corrected chi connectivity index (χ4v) is 2.28. The van der Waals surface area contributed by atoms with Crippen LogP contribution in [0, 0.1) is 12.7 Å². The van der Waals surface area contributed by atoms with E-state index in [0.29, 0.717) is 22.7 Å². The van der Waals surface area contributed by atoms with Crippen LogP contribution in [0.2, 0.25) is 0 Å². The van der Waals surface area contributed by atoms with Crippen molar-refractivity contribution >= 4 is 41.5 Å². The number of aliphatic imine (C=N–C) groups is 1. The van der Waals surface area contributed by atoms with Crippen molar-refractivity contribution in [3.05, 3.63) is 53.3 Å². The minimum absolute atomic E-state index is 0. The summed E-state index contributed by atoms with van der Waals surface area (Å²) in [7, 11) is 3.10. The number of hydrogen-bond acceptors (Lipinski definition) is 4. The van der Waals surface area contributed by atoms with Crippen molar-refractivity contribution in [3.8, 4) is 11.5 Å². The molecular formula is C19H24FIN4O3. The van der Waals surface area contributed by atoms with Gasteiger partial charge in [0.1, 0.15) is 5.82 Å². The minimum atomic E-state index is -0.413. The van der Waals surface area contributed by atoms with Crippen molar-refractivity contribution in [1.29, 1.82) is 0 Å². The van der Waals surface area contributed by atoms with Gasteiger partial charge in [-0.05, 0) is 36.8 Å². The maximum absolute atomic E-state index is 13.5. The van der Waals surface area contributed by atoms with Crippen molar-refractivity contribution < 1.29 is 18.7 Å². The summed E-state index contributed by atoms with van der Waals surface area (Å²) in [5, 5.41) is 5.60. The maximum Gasteiger partial charge on any atom is 0.251 e. The third-order valence-electron chi connectivity index (χ3n) is 3.77. The number of aryl methyl sites for hydroxylation is 1. The van der Waals surface area contributed by atoms with Crippen molar-refractivity contribution in [2.75, 3.05) is 32.6 Å². The number of benzene rings is 2. The van der Waals surface area contributed by atoms with E-state index in [4.69, 9.17) is 15.2 Å². The van der Waals surface area contributed by atoms with Gasteiger partial charge < -0.3 is 25.8 Å². The van der Waals surface area contributed by atoms with Crippen LogP contribution in [0.5, 0.6) is 11.5 Å². The number of ether oxygens (including phenoxy) is 2. The van der Waals surface area contributed by atoms with Crippen LogP contribution in [0.15, 0.2) is 41.4 Å². The normalized spacial score (nSPS) is 10.6. The second kappa shape index (κ2) is 11.3. The SMILES string of the molecule is COc1ccc(NC(N)=NCCNC(=O)c2ccc(C)c(F)c2)cc1OC.I. The Bertz CT molecular complexity index is 846. The molecule has 2 aromatic rings. The van der Waals surface area contributed by atoms with Crippen LogP contribution in [0.3, 0.4) is 0 Å². The Morgan fingerprint density at radius 3 is 2.50 bits per heavy atom. The van der Waals surface area contributed by atoms with Crippen molar-refractivity contribution in [3.63, 3.8) is 0 Å². The standard InChI is InChI=1S/C19H23FN4O3.HI/c1-12-4-5-13(10-15(12)20)18(25)22-8-9-23-19(21)24-14-6-7-16(26-2)17(11-14)27-3;/h4-7,10-11H,8-9H2,1-3H3,(H,22,25)(H3,21,23,24);1H. The Labute approximate surface area is 180 Å². The number of rotatable bonds is 7. The molecule has 28 heavy (non-hydrogen) atoms. The molecule has 7 nitrogen and oxygen atoms in total. The van der Waals surface area contributed by atoms with Crippen molar-refractivity contribution in [2.24, 2.45) is 10.7 Å². The van der Waals surface area contributed by atoms with E-state index < -0.39 is 5.82 Å². The molecule has 0 aliphatic rings. The summed E-state index contributed by atoms with van der Waals surface area (Å²) in [6.45, 7) is 2.18. The van der Waals surface area contributed by atoms with Gasteiger partial charge in [-0.3, -0.25) is 9.79 Å². The zero-order chi connectivity index (χ0) is 19.8. The smallest absolute Gasteiger partial charge is 0.251 e. The van der Waals surface area contributed by atoms with Gasteiger partial charge in [-0.1, -0.05) is 6.07 Å². The molecule has 0 aliphatic heterocycles. The van der Waals surface area contributed by atoms with Crippen molar-refractivity contribution in [1.82, 2.24) is 5.32 Å². The summed E-state index contributed by atoms with van der Waals surface area (Å²) in [5.74, 6) is 0.583. The van der Waals surface area contributed by atoms with E-state index in [1.54, 1.807) is 51.5 Å². The van der Waals surface area contributed by atoms with E-state index in [9.17, 15) is 9.18 Å². The molecule has 0 aromatic heterocycles. The first-order valence-electron chi connectivity index (χ1n) is 8.28. The lowest BCUT2D eigenvalue weighted by Gasteiger charge is -2.11. The summed E-state index contributed by atoms with van der Waals surface area (Å²) in [6.07, 6.45) is 0. The monoisotopic (exact) mass is 502 g/mol. The quantitative estimate of drug-likeness (QED) is 0.234. The average molecular weight is 502 g/mol. The molecule has 0 radical (unpaired) electrons. The highest BCUT2D eigenvalue weighted by molar-refractivity contribution is 14.0. The number of nitrogens with zero attached hydrogens (tertiary/aromatic N) is 1.